The Morgan fingerprint density at radius 3 is 2.23 bits per heavy atom. The summed E-state index contributed by atoms with van der Waals surface area (Å²) in [6.07, 6.45) is -1.05. The number of hydrogen-bond acceptors (Lipinski definition) is 7. The SMILES string of the molecule is COc1ccc(C(=O)OCOC(=O)NC(CCC(=O)[O-])c2ccc(Cl)cc2)cc1.[Na+]. The van der Waals surface area contributed by atoms with Crippen LogP contribution >= 0.6 is 11.6 Å². The molecule has 1 unspecified atom stereocenters. The Labute approximate surface area is 200 Å². The molecule has 10 heteroatoms. The van der Waals surface area contributed by atoms with Gasteiger partial charge in [-0.2, -0.15) is 0 Å². The first kappa shape index (κ1) is 25.8. The van der Waals surface area contributed by atoms with Crippen LogP contribution in [0.4, 0.5) is 4.79 Å². The summed E-state index contributed by atoms with van der Waals surface area (Å²) in [6, 6.07) is 12.1. The molecule has 0 aliphatic carbocycles. The minimum Gasteiger partial charge on any atom is -0.550 e. The van der Waals surface area contributed by atoms with Gasteiger partial charge in [0, 0.05) is 11.0 Å². The molecule has 0 saturated heterocycles. The maximum atomic E-state index is 12.0. The molecule has 2 aromatic carbocycles. The molecule has 1 amide bonds. The number of alkyl carbamates (subject to hydrolysis) is 1. The van der Waals surface area contributed by atoms with E-state index in [0.29, 0.717) is 16.3 Å². The summed E-state index contributed by atoms with van der Waals surface area (Å²) in [5, 5.41) is 13.8. The molecule has 0 aliphatic rings. The topological polar surface area (TPSA) is 114 Å². The van der Waals surface area contributed by atoms with Gasteiger partial charge in [-0.05, 0) is 54.8 Å². The van der Waals surface area contributed by atoms with Gasteiger partial charge in [0.15, 0.2) is 0 Å². The largest absolute Gasteiger partial charge is 1.00 e. The molecule has 0 radical (unpaired) electrons. The Kier molecular flexibility index (Phi) is 11.3. The minimum absolute atomic E-state index is 0. The number of carbonyl (C=O) groups excluding carboxylic acids is 3. The first-order valence-electron chi connectivity index (χ1n) is 8.59. The second-order valence-electron chi connectivity index (χ2n) is 5.87. The van der Waals surface area contributed by atoms with Crippen molar-refractivity contribution >= 4 is 29.6 Å². The maximum absolute atomic E-state index is 12.0. The Morgan fingerprint density at radius 2 is 1.67 bits per heavy atom. The molecule has 2 rings (SSSR count). The van der Waals surface area contributed by atoms with E-state index in [2.05, 4.69) is 5.32 Å². The number of nitrogens with one attached hydrogen (secondary N) is 1. The smallest absolute Gasteiger partial charge is 0.550 e. The fraction of sp³-hybridized carbons (Fsp3) is 0.250. The monoisotopic (exact) mass is 443 g/mol. The molecule has 0 bridgehead atoms. The molecular formula is C20H19ClNNaO7. The van der Waals surface area contributed by atoms with E-state index in [1.54, 1.807) is 36.4 Å². The van der Waals surface area contributed by atoms with Crippen LogP contribution in [-0.2, 0) is 14.3 Å². The molecule has 0 aliphatic heterocycles. The van der Waals surface area contributed by atoms with Gasteiger partial charge in [-0.25, -0.2) is 9.59 Å². The van der Waals surface area contributed by atoms with E-state index in [1.807, 2.05) is 0 Å². The number of hydrogen-bond donors (Lipinski definition) is 1. The van der Waals surface area contributed by atoms with E-state index < -0.39 is 30.9 Å². The zero-order chi connectivity index (χ0) is 21.2. The van der Waals surface area contributed by atoms with Crippen LogP contribution in [0.1, 0.15) is 34.8 Å². The second kappa shape index (κ2) is 13.1. The van der Waals surface area contributed by atoms with Crippen molar-refractivity contribution in [3.05, 3.63) is 64.7 Å². The molecule has 2 aromatic rings. The molecule has 8 nitrogen and oxygen atoms in total. The van der Waals surface area contributed by atoms with Crippen LogP contribution in [0, 0.1) is 0 Å². The van der Waals surface area contributed by atoms with Crippen molar-refractivity contribution < 1.29 is 63.3 Å². The number of esters is 1. The standard InChI is InChI=1S/C20H20ClNO7.Na/c1-27-16-8-4-14(5-9-16)19(25)28-12-29-20(26)22-17(10-11-18(23)24)13-2-6-15(21)7-3-13;/h2-9,17H,10-12H2,1H3,(H,22,26)(H,23,24);/q;+1/p-1. The van der Waals surface area contributed by atoms with Gasteiger partial charge in [0.1, 0.15) is 5.75 Å². The summed E-state index contributed by atoms with van der Waals surface area (Å²) in [5.74, 6) is -1.33. The van der Waals surface area contributed by atoms with Crippen LogP contribution in [0.2, 0.25) is 5.02 Å². The van der Waals surface area contributed by atoms with Crippen molar-refractivity contribution in [2.75, 3.05) is 13.9 Å². The number of methoxy groups -OCH3 is 1. The van der Waals surface area contributed by atoms with E-state index in [1.165, 1.54) is 19.2 Å². The van der Waals surface area contributed by atoms with Crippen LogP contribution in [-0.4, -0.2) is 31.9 Å². The summed E-state index contributed by atoms with van der Waals surface area (Å²) in [6.45, 7) is -0.607. The average molecular weight is 444 g/mol. The number of carbonyl (C=O) groups is 3. The van der Waals surface area contributed by atoms with Crippen molar-refractivity contribution in [3.63, 3.8) is 0 Å². The van der Waals surface area contributed by atoms with E-state index in [9.17, 15) is 19.5 Å². The van der Waals surface area contributed by atoms with E-state index in [4.69, 9.17) is 25.8 Å². The fourth-order valence-electron chi connectivity index (χ4n) is 2.41. The Bertz CT molecular complexity index is 843. The normalized spacial score (nSPS) is 10.9. The molecule has 1 N–H and O–H groups in total. The van der Waals surface area contributed by atoms with Crippen LogP contribution in [0.15, 0.2) is 48.5 Å². The van der Waals surface area contributed by atoms with Crippen LogP contribution in [0.25, 0.3) is 0 Å². The predicted octanol–water partition coefficient (Wildman–Crippen LogP) is -0.535. The van der Waals surface area contributed by atoms with E-state index in [-0.39, 0.29) is 48.0 Å². The first-order valence-corrected chi connectivity index (χ1v) is 8.96. The van der Waals surface area contributed by atoms with Gasteiger partial charge in [-0.1, -0.05) is 23.7 Å². The third-order valence-electron chi connectivity index (χ3n) is 3.91. The molecule has 0 spiro atoms. The zero-order valence-electron chi connectivity index (χ0n) is 16.6. The Morgan fingerprint density at radius 1 is 1.03 bits per heavy atom. The second-order valence-corrected chi connectivity index (χ2v) is 6.31. The molecule has 30 heavy (non-hydrogen) atoms. The van der Waals surface area contributed by atoms with Crippen molar-refractivity contribution in [3.8, 4) is 5.75 Å². The average Bonchev–Trinajstić information content (AvgIpc) is 2.71. The van der Waals surface area contributed by atoms with Gasteiger partial charge in [0.25, 0.3) is 0 Å². The Balaban J connectivity index is 0.00000450. The number of carboxylic acid groups (broad SMARTS) is 1. The number of benzene rings is 2. The molecular weight excluding hydrogens is 425 g/mol. The number of aliphatic carboxylic acids is 1. The van der Waals surface area contributed by atoms with Crippen molar-refractivity contribution in [1.82, 2.24) is 5.32 Å². The van der Waals surface area contributed by atoms with Gasteiger partial charge < -0.3 is 29.4 Å². The van der Waals surface area contributed by atoms with Crippen LogP contribution < -0.4 is 44.7 Å². The van der Waals surface area contributed by atoms with Gasteiger partial charge in [0.05, 0.1) is 18.7 Å². The van der Waals surface area contributed by atoms with Crippen molar-refractivity contribution in [2.24, 2.45) is 0 Å². The summed E-state index contributed by atoms with van der Waals surface area (Å²) in [5.41, 5.74) is 0.908. The maximum Gasteiger partial charge on any atom is 1.00 e. The quantitative estimate of drug-likeness (QED) is 0.314. The summed E-state index contributed by atoms with van der Waals surface area (Å²) >= 11 is 5.84. The number of ether oxygens (including phenoxy) is 3. The molecule has 0 saturated carbocycles. The number of amides is 1. The molecule has 1 atom stereocenters. The van der Waals surface area contributed by atoms with Crippen LogP contribution in [0.5, 0.6) is 5.75 Å². The van der Waals surface area contributed by atoms with Gasteiger partial charge in [-0.3, -0.25) is 0 Å². The van der Waals surface area contributed by atoms with Gasteiger partial charge in [0.2, 0.25) is 6.79 Å². The van der Waals surface area contributed by atoms with Crippen LogP contribution in [0.3, 0.4) is 0 Å². The minimum atomic E-state index is -1.24. The fourth-order valence-corrected chi connectivity index (χ4v) is 2.54. The zero-order valence-corrected chi connectivity index (χ0v) is 19.3. The number of halogens is 1. The summed E-state index contributed by atoms with van der Waals surface area (Å²) < 4.78 is 14.7. The first-order chi connectivity index (χ1) is 13.9. The third kappa shape index (κ3) is 8.62. The molecule has 154 valence electrons. The molecule has 0 aromatic heterocycles. The van der Waals surface area contributed by atoms with Crippen molar-refractivity contribution in [1.29, 1.82) is 0 Å². The number of carboxylic acids is 1. The number of rotatable bonds is 9. The van der Waals surface area contributed by atoms with Crippen molar-refractivity contribution in [2.45, 2.75) is 18.9 Å². The predicted molar refractivity (Wildman–Crippen MR) is 101 cm³/mol. The summed E-state index contributed by atoms with van der Waals surface area (Å²) in [4.78, 5) is 34.7. The Hall–Kier alpha value is -2.26. The third-order valence-corrected chi connectivity index (χ3v) is 4.16. The summed E-state index contributed by atoms with van der Waals surface area (Å²) in [7, 11) is 1.50. The van der Waals surface area contributed by atoms with E-state index in [0.717, 1.165) is 0 Å². The van der Waals surface area contributed by atoms with E-state index >= 15 is 0 Å². The van der Waals surface area contributed by atoms with Gasteiger partial charge in [-0.15, -0.1) is 0 Å². The molecule has 0 heterocycles. The molecule has 0 fully saturated rings. The van der Waals surface area contributed by atoms with Gasteiger partial charge >= 0.3 is 41.6 Å².